The summed E-state index contributed by atoms with van der Waals surface area (Å²) in [6.45, 7) is 2.19. The van der Waals surface area contributed by atoms with E-state index in [2.05, 4.69) is 0 Å². The molecule has 0 aromatic heterocycles. The summed E-state index contributed by atoms with van der Waals surface area (Å²) in [4.78, 5) is 21.4. The second kappa shape index (κ2) is 4.45. The number of carbonyl (C=O) groups excluding carboxylic acids is 1. The lowest BCUT2D eigenvalue weighted by atomic mass is 10.1. The average Bonchev–Trinajstić information content (AvgIpc) is 2.17. The van der Waals surface area contributed by atoms with Crippen LogP contribution in [0.5, 0.6) is 11.5 Å². The predicted molar refractivity (Wildman–Crippen MR) is 51.2 cm³/mol. The van der Waals surface area contributed by atoms with Crippen LogP contribution in [-0.2, 0) is 4.79 Å². The van der Waals surface area contributed by atoms with E-state index >= 15 is 0 Å². The molecular weight excluding hydrogens is 200 g/mol. The fourth-order valence-corrected chi connectivity index (χ4v) is 1.08. The molecule has 0 aliphatic carbocycles. The van der Waals surface area contributed by atoms with Crippen LogP contribution in [0.25, 0.3) is 0 Å². The first-order valence-electron chi connectivity index (χ1n) is 4.29. The Morgan fingerprint density at radius 2 is 2.07 bits per heavy atom. The number of carboxylic acid groups (broad SMARTS) is 1. The summed E-state index contributed by atoms with van der Waals surface area (Å²) < 4.78 is 5.06. The number of ether oxygens (including phenoxy) is 1. The molecule has 1 rings (SSSR count). The molecule has 5 heteroatoms. The molecular formula is C10H10O5. The average molecular weight is 210 g/mol. The lowest BCUT2D eigenvalue weighted by Crippen LogP contribution is -2.12. The molecule has 0 saturated carbocycles. The third-order valence-corrected chi connectivity index (χ3v) is 1.72. The van der Waals surface area contributed by atoms with Crippen LogP contribution >= 0.6 is 0 Å². The predicted octanol–water partition coefficient (Wildman–Crippen LogP) is 1.06. The number of carbonyl (C=O) groups is 2. The number of ketones is 1. The van der Waals surface area contributed by atoms with E-state index in [0.29, 0.717) is 12.4 Å². The van der Waals surface area contributed by atoms with E-state index in [-0.39, 0.29) is 5.56 Å². The third-order valence-electron chi connectivity index (χ3n) is 1.72. The molecule has 0 spiro atoms. The molecule has 0 aliphatic heterocycles. The molecule has 0 atom stereocenters. The zero-order valence-electron chi connectivity index (χ0n) is 8.06. The molecule has 0 unspecified atom stereocenters. The van der Waals surface area contributed by atoms with Crippen LogP contribution < -0.4 is 4.74 Å². The number of aliphatic carboxylic acids is 1. The molecule has 1 aromatic carbocycles. The number of hydrogen-bond donors (Lipinski definition) is 2. The number of rotatable bonds is 4. The SMILES string of the molecule is CCOc1ccc(C(=O)C(=O)O)c(O)c1. The Balaban J connectivity index is 3.03. The normalized spacial score (nSPS) is 9.67. The molecule has 0 radical (unpaired) electrons. The highest BCUT2D eigenvalue weighted by Gasteiger charge is 2.18. The van der Waals surface area contributed by atoms with E-state index in [1.165, 1.54) is 18.2 Å². The van der Waals surface area contributed by atoms with Gasteiger partial charge in [0.25, 0.3) is 5.78 Å². The van der Waals surface area contributed by atoms with Crippen molar-refractivity contribution in [2.45, 2.75) is 6.92 Å². The van der Waals surface area contributed by atoms with Gasteiger partial charge >= 0.3 is 5.97 Å². The lowest BCUT2D eigenvalue weighted by molar-refractivity contribution is -0.131. The van der Waals surface area contributed by atoms with Crippen LogP contribution in [0.3, 0.4) is 0 Å². The van der Waals surface area contributed by atoms with Crippen molar-refractivity contribution in [2.24, 2.45) is 0 Å². The third kappa shape index (κ3) is 2.46. The summed E-state index contributed by atoms with van der Waals surface area (Å²) in [6.07, 6.45) is 0. The summed E-state index contributed by atoms with van der Waals surface area (Å²) >= 11 is 0. The van der Waals surface area contributed by atoms with Gasteiger partial charge in [0.2, 0.25) is 0 Å². The zero-order valence-corrected chi connectivity index (χ0v) is 8.06. The Hall–Kier alpha value is -2.04. The van der Waals surface area contributed by atoms with Gasteiger partial charge in [-0.05, 0) is 19.1 Å². The van der Waals surface area contributed by atoms with Crippen molar-refractivity contribution in [3.8, 4) is 11.5 Å². The van der Waals surface area contributed by atoms with Crippen molar-refractivity contribution >= 4 is 11.8 Å². The van der Waals surface area contributed by atoms with Gasteiger partial charge in [0.1, 0.15) is 11.5 Å². The second-order valence-electron chi connectivity index (χ2n) is 2.75. The van der Waals surface area contributed by atoms with Gasteiger partial charge < -0.3 is 14.9 Å². The zero-order chi connectivity index (χ0) is 11.4. The van der Waals surface area contributed by atoms with Gasteiger partial charge in [0, 0.05) is 6.07 Å². The van der Waals surface area contributed by atoms with Crippen LogP contribution in [0.4, 0.5) is 0 Å². The molecule has 0 heterocycles. The van der Waals surface area contributed by atoms with Crippen molar-refractivity contribution in [3.63, 3.8) is 0 Å². The Morgan fingerprint density at radius 1 is 1.40 bits per heavy atom. The summed E-state index contributed by atoms with van der Waals surface area (Å²) in [5, 5.41) is 17.8. The fraction of sp³-hybridized carbons (Fsp3) is 0.200. The Bertz CT molecular complexity index is 397. The highest BCUT2D eigenvalue weighted by Crippen LogP contribution is 2.23. The molecule has 2 N–H and O–H groups in total. The maximum atomic E-state index is 11.0. The van der Waals surface area contributed by atoms with Crippen molar-refractivity contribution in [2.75, 3.05) is 6.61 Å². The van der Waals surface area contributed by atoms with Crippen molar-refractivity contribution in [1.82, 2.24) is 0 Å². The van der Waals surface area contributed by atoms with E-state index in [1.807, 2.05) is 0 Å². The van der Waals surface area contributed by atoms with Crippen molar-refractivity contribution in [1.29, 1.82) is 0 Å². The molecule has 1 aromatic rings. The largest absolute Gasteiger partial charge is 0.507 e. The van der Waals surface area contributed by atoms with Crippen LogP contribution in [0.1, 0.15) is 17.3 Å². The van der Waals surface area contributed by atoms with Gasteiger partial charge in [-0.1, -0.05) is 0 Å². The number of phenols is 1. The van der Waals surface area contributed by atoms with Gasteiger partial charge in [-0.3, -0.25) is 4.79 Å². The minimum absolute atomic E-state index is 0.244. The number of benzene rings is 1. The Kier molecular flexibility index (Phi) is 3.28. The minimum atomic E-state index is -1.60. The van der Waals surface area contributed by atoms with Gasteiger partial charge in [0.05, 0.1) is 12.2 Å². The number of aromatic hydroxyl groups is 1. The van der Waals surface area contributed by atoms with E-state index in [4.69, 9.17) is 9.84 Å². The quantitative estimate of drug-likeness (QED) is 0.573. The smallest absolute Gasteiger partial charge is 0.377 e. The van der Waals surface area contributed by atoms with Crippen molar-refractivity contribution < 1.29 is 24.5 Å². The lowest BCUT2D eigenvalue weighted by Gasteiger charge is -2.05. The molecule has 0 fully saturated rings. The maximum absolute atomic E-state index is 11.0. The second-order valence-corrected chi connectivity index (χ2v) is 2.75. The van der Waals surface area contributed by atoms with Crippen LogP contribution in [0, 0.1) is 0 Å². The molecule has 0 bridgehead atoms. The summed E-state index contributed by atoms with van der Waals surface area (Å²) in [5.41, 5.74) is -0.244. The molecule has 0 amide bonds. The molecule has 15 heavy (non-hydrogen) atoms. The maximum Gasteiger partial charge on any atom is 0.377 e. The van der Waals surface area contributed by atoms with Gasteiger partial charge in [0.15, 0.2) is 0 Å². The standard InChI is InChI=1S/C10H10O5/c1-2-15-6-3-4-7(8(11)5-6)9(12)10(13)14/h3-5,11H,2H2,1H3,(H,13,14). The Labute approximate surface area is 85.9 Å². The fourth-order valence-electron chi connectivity index (χ4n) is 1.08. The van der Waals surface area contributed by atoms with Gasteiger partial charge in [-0.2, -0.15) is 0 Å². The monoisotopic (exact) mass is 210 g/mol. The minimum Gasteiger partial charge on any atom is -0.507 e. The molecule has 5 nitrogen and oxygen atoms in total. The molecule has 0 saturated heterocycles. The van der Waals surface area contributed by atoms with E-state index in [0.717, 1.165) is 0 Å². The number of phenolic OH excluding ortho intramolecular Hbond substituents is 1. The first-order valence-corrected chi connectivity index (χ1v) is 4.29. The summed E-state index contributed by atoms with van der Waals surface area (Å²) in [6, 6.07) is 3.86. The first kappa shape index (κ1) is 11.0. The van der Waals surface area contributed by atoms with Gasteiger partial charge in [-0.25, -0.2) is 4.79 Å². The van der Waals surface area contributed by atoms with E-state index < -0.39 is 17.5 Å². The van der Waals surface area contributed by atoms with E-state index in [1.54, 1.807) is 6.92 Å². The molecule has 0 aliphatic rings. The molecule has 80 valence electrons. The number of Topliss-reactive ketones (excluding diaryl/α,β-unsaturated/α-hetero) is 1. The Morgan fingerprint density at radius 3 is 2.53 bits per heavy atom. The highest BCUT2D eigenvalue weighted by molar-refractivity contribution is 6.40. The summed E-state index contributed by atoms with van der Waals surface area (Å²) in [7, 11) is 0. The number of carboxylic acids is 1. The van der Waals surface area contributed by atoms with Crippen molar-refractivity contribution in [3.05, 3.63) is 23.8 Å². The highest BCUT2D eigenvalue weighted by atomic mass is 16.5. The number of hydrogen-bond acceptors (Lipinski definition) is 4. The van der Waals surface area contributed by atoms with Crippen LogP contribution in [-0.4, -0.2) is 28.6 Å². The van der Waals surface area contributed by atoms with Crippen LogP contribution in [0.2, 0.25) is 0 Å². The van der Waals surface area contributed by atoms with E-state index in [9.17, 15) is 14.7 Å². The summed E-state index contributed by atoms with van der Waals surface area (Å²) in [5.74, 6) is -2.75. The van der Waals surface area contributed by atoms with Crippen LogP contribution in [0.15, 0.2) is 18.2 Å². The van der Waals surface area contributed by atoms with Gasteiger partial charge in [-0.15, -0.1) is 0 Å². The topological polar surface area (TPSA) is 83.8 Å². The first-order chi connectivity index (χ1) is 7.06.